The van der Waals surface area contributed by atoms with Crippen LogP contribution in [0.15, 0.2) is 42.7 Å². The molecule has 0 aliphatic carbocycles. The monoisotopic (exact) mass is 336 g/mol. The largest absolute Gasteiger partial charge is 0.489 e. The lowest BCUT2D eigenvalue weighted by Gasteiger charge is -2.31. The number of aromatic nitrogens is 1. The fourth-order valence-electron chi connectivity index (χ4n) is 2.66. The molecule has 0 saturated carbocycles. The summed E-state index contributed by atoms with van der Waals surface area (Å²) in [6, 6.07) is 7.36. The average molecular weight is 336 g/mol. The standard InChI is InChI=1S/C17H15F3N2O2/c18-17(19,20)13-4-1-5-14-16(13)24-10-9-22(14)15(23)7-6-12-3-2-8-21-11-12/h1-5,8,11H,6-7,9-10H2. The van der Waals surface area contributed by atoms with Crippen LogP contribution in [0.4, 0.5) is 18.9 Å². The minimum Gasteiger partial charge on any atom is -0.489 e. The number of amides is 1. The Bertz CT molecular complexity index is 732. The quantitative estimate of drug-likeness (QED) is 0.862. The minimum atomic E-state index is -4.52. The molecule has 0 unspecified atom stereocenters. The number of hydrogen-bond acceptors (Lipinski definition) is 3. The van der Waals surface area contributed by atoms with Gasteiger partial charge in [0.25, 0.3) is 0 Å². The number of pyridine rings is 1. The maximum Gasteiger partial charge on any atom is 0.420 e. The Hall–Kier alpha value is -2.57. The van der Waals surface area contributed by atoms with Crippen molar-refractivity contribution in [2.24, 2.45) is 0 Å². The average Bonchev–Trinajstić information content (AvgIpc) is 2.58. The third-order valence-electron chi connectivity index (χ3n) is 3.80. The zero-order chi connectivity index (χ0) is 17.2. The second-order valence-corrected chi connectivity index (χ2v) is 5.41. The molecule has 3 rings (SSSR count). The molecule has 0 fully saturated rings. The molecule has 1 aliphatic heterocycles. The number of anilines is 1. The highest BCUT2D eigenvalue weighted by molar-refractivity contribution is 5.95. The number of aryl methyl sites for hydroxylation is 1. The van der Waals surface area contributed by atoms with Crippen LogP contribution in [0.3, 0.4) is 0 Å². The van der Waals surface area contributed by atoms with Crippen LogP contribution in [0.25, 0.3) is 0 Å². The maximum atomic E-state index is 13.1. The van der Waals surface area contributed by atoms with Gasteiger partial charge in [-0.2, -0.15) is 13.2 Å². The van der Waals surface area contributed by atoms with Crippen LogP contribution in [0.5, 0.6) is 5.75 Å². The normalized spacial score (nSPS) is 14.0. The van der Waals surface area contributed by atoms with E-state index in [0.717, 1.165) is 11.6 Å². The van der Waals surface area contributed by atoms with Crippen molar-refractivity contribution in [2.75, 3.05) is 18.1 Å². The number of nitrogens with zero attached hydrogens (tertiary/aromatic N) is 2. The lowest BCUT2D eigenvalue weighted by atomic mass is 10.1. The molecular weight excluding hydrogens is 321 g/mol. The molecule has 7 heteroatoms. The van der Waals surface area contributed by atoms with Crippen molar-refractivity contribution in [1.29, 1.82) is 0 Å². The highest BCUT2D eigenvalue weighted by atomic mass is 19.4. The van der Waals surface area contributed by atoms with Crippen molar-refractivity contribution >= 4 is 11.6 Å². The molecule has 0 atom stereocenters. The van der Waals surface area contributed by atoms with Crippen molar-refractivity contribution in [1.82, 2.24) is 4.98 Å². The van der Waals surface area contributed by atoms with Gasteiger partial charge in [-0.05, 0) is 30.2 Å². The molecule has 2 heterocycles. The molecule has 1 amide bonds. The van der Waals surface area contributed by atoms with Crippen LogP contribution in [0.1, 0.15) is 17.5 Å². The van der Waals surface area contributed by atoms with E-state index in [-0.39, 0.29) is 36.9 Å². The van der Waals surface area contributed by atoms with Gasteiger partial charge in [-0.1, -0.05) is 12.1 Å². The molecule has 1 aromatic heterocycles. The first-order valence-corrected chi connectivity index (χ1v) is 7.49. The highest BCUT2D eigenvalue weighted by Crippen LogP contribution is 2.43. The number of fused-ring (bicyclic) bond motifs is 1. The van der Waals surface area contributed by atoms with Crippen molar-refractivity contribution in [3.05, 3.63) is 53.9 Å². The number of hydrogen-bond donors (Lipinski definition) is 0. The third kappa shape index (κ3) is 3.34. The Kier molecular flexibility index (Phi) is 4.42. The van der Waals surface area contributed by atoms with Gasteiger partial charge in [-0.25, -0.2) is 0 Å². The number of alkyl halides is 3. The SMILES string of the molecule is O=C(CCc1cccnc1)N1CCOc2c1cccc2C(F)(F)F. The van der Waals surface area contributed by atoms with Crippen LogP contribution >= 0.6 is 0 Å². The van der Waals surface area contributed by atoms with Gasteiger partial charge < -0.3 is 9.64 Å². The summed E-state index contributed by atoms with van der Waals surface area (Å²) >= 11 is 0. The predicted octanol–water partition coefficient (Wildman–Crippen LogP) is 3.46. The molecule has 1 aromatic carbocycles. The van der Waals surface area contributed by atoms with E-state index >= 15 is 0 Å². The second-order valence-electron chi connectivity index (χ2n) is 5.41. The first-order chi connectivity index (χ1) is 11.5. The van der Waals surface area contributed by atoms with Crippen LogP contribution in [-0.4, -0.2) is 24.0 Å². The maximum absolute atomic E-state index is 13.1. The van der Waals surface area contributed by atoms with E-state index in [1.165, 1.54) is 17.0 Å². The molecule has 2 aromatic rings. The number of carbonyl (C=O) groups is 1. The molecule has 0 saturated heterocycles. The summed E-state index contributed by atoms with van der Waals surface area (Å²) in [5, 5.41) is 0. The summed E-state index contributed by atoms with van der Waals surface area (Å²) in [4.78, 5) is 17.8. The summed E-state index contributed by atoms with van der Waals surface area (Å²) < 4.78 is 44.4. The van der Waals surface area contributed by atoms with Gasteiger partial charge in [0.1, 0.15) is 6.61 Å². The van der Waals surface area contributed by atoms with E-state index in [9.17, 15) is 18.0 Å². The van der Waals surface area contributed by atoms with Crippen LogP contribution in [-0.2, 0) is 17.4 Å². The van der Waals surface area contributed by atoms with Crippen molar-refractivity contribution < 1.29 is 22.7 Å². The second kappa shape index (κ2) is 6.51. The number of ether oxygens (including phenoxy) is 1. The number of rotatable bonds is 3. The molecule has 0 N–H and O–H groups in total. The fraction of sp³-hybridized carbons (Fsp3) is 0.294. The van der Waals surface area contributed by atoms with Gasteiger partial charge in [0.15, 0.2) is 5.75 Å². The molecule has 4 nitrogen and oxygen atoms in total. The first kappa shape index (κ1) is 16.3. The van der Waals surface area contributed by atoms with Gasteiger partial charge in [-0.3, -0.25) is 9.78 Å². The van der Waals surface area contributed by atoms with Gasteiger partial charge in [0, 0.05) is 18.8 Å². The van der Waals surface area contributed by atoms with Gasteiger partial charge in [0.2, 0.25) is 5.91 Å². The Morgan fingerprint density at radius 1 is 1.25 bits per heavy atom. The fourth-order valence-corrected chi connectivity index (χ4v) is 2.66. The summed E-state index contributed by atoms with van der Waals surface area (Å²) in [5.74, 6) is -0.506. The summed E-state index contributed by atoms with van der Waals surface area (Å²) in [6.45, 7) is 0.277. The Labute approximate surface area is 136 Å². The molecule has 24 heavy (non-hydrogen) atoms. The third-order valence-corrected chi connectivity index (χ3v) is 3.80. The zero-order valence-electron chi connectivity index (χ0n) is 12.7. The summed E-state index contributed by atoms with van der Waals surface area (Å²) in [6.07, 6.45) is -0.530. The summed E-state index contributed by atoms with van der Waals surface area (Å²) in [7, 11) is 0. The Morgan fingerprint density at radius 3 is 2.79 bits per heavy atom. The number of benzene rings is 1. The van der Waals surface area contributed by atoms with Gasteiger partial charge in [-0.15, -0.1) is 0 Å². The molecule has 0 radical (unpaired) electrons. The molecule has 0 bridgehead atoms. The first-order valence-electron chi connectivity index (χ1n) is 7.49. The lowest BCUT2D eigenvalue weighted by Crippen LogP contribution is -2.38. The lowest BCUT2D eigenvalue weighted by molar-refractivity contribution is -0.139. The Balaban J connectivity index is 1.80. The van der Waals surface area contributed by atoms with Gasteiger partial charge >= 0.3 is 6.18 Å². The molecular formula is C17H15F3N2O2. The summed E-state index contributed by atoms with van der Waals surface area (Å²) in [5.41, 5.74) is 0.223. The van der Waals surface area contributed by atoms with Gasteiger partial charge in [0.05, 0.1) is 17.8 Å². The van der Waals surface area contributed by atoms with Crippen LogP contribution < -0.4 is 9.64 Å². The van der Waals surface area contributed by atoms with Crippen molar-refractivity contribution in [3.8, 4) is 5.75 Å². The van der Waals surface area contributed by atoms with Crippen molar-refractivity contribution in [3.63, 3.8) is 0 Å². The van der Waals surface area contributed by atoms with E-state index < -0.39 is 11.7 Å². The number of para-hydroxylation sites is 1. The van der Waals surface area contributed by atoms with Crippen LogP contribution in [0, 0.1) is 0 Å². The van der Waals surface area contributed by atoms with E-state index in [1.807, 2.05) is 6.07 Å². The zero-order valence-corrected chi connectivity index (χ0v) is 12.7. The smallest absolute Gasteiger partial charge is 0.420 e. The minimum absolute atomic E-state index is 0.0404. The van der Waals surface area contributed by atoms with E-state index in [4.69, 9.17) is 4.74 Å². The molecule has 1 aliphatic rings. The molecule has 0 spiro atoms. The predicted molar refractivity (Wildman–Crippen MR) is 81.9 cm³/mol. The van der Waals surface area contributed by atoms with E-state index in [1.54, 1.807) is 18.5 Å². The van der Waals surface area contributed by atoms with E-state index in [0.29, 0.717) is 6.42 Å². The number of carbonyl (C=O) groups excluding carboxylic acids is 1. The van der Waals surface area contributed by atoms with Crippen LogP contribution in [0.2, 0.25) is 0 Å². The van der Waals surface area contributed by atoms with E-state index in [2.05, 4.69) is 4.98 Å². The molecule has 126 valence electrons. The number of halogens is 3. The van der Waals surface area contributed by atoms with Crippen molar-refractivity contribution in [2.45, 2.75) is 19.0 Å². The highest BCUT2D eigenvalue weighted by Gasteiger charge is 2.38. The topological polar surface area (TPSA) is 42.4 Å². The Morgan fingerprint density at radius 2 is 2.08 bits per heavy atom.